The van der Waals surface area contributed by atoms with Crippen molar-refractivity contribution in [3.05, 3.63) is 27.1 Å². The van der Waals surface area contributed by atoms with E-state index >= 15 is 0 Å². The van der Waals surface area contributed by atoms with E-state index in [0.717, 1.165) is 0 Å². The normalized spacial score (nSPS) is 13.2. The smallest absolute Gasteiger partial charge is 0.321 e. The molecule has 0 spiro atoms. The van der Waals surface area contributed by atoms with Crippen LogP contribution in [-0.4, -0.2) is 31.3 Å². The second-order valence-corrected chi connectivity index (χ2v) is 7.50. The van der Waals surface area contributed by atoms with Gasteiger partial charge in [0.1, 0.15) is 6.04 Å². The molecule has 2 N–H and O–H groups in total. The zero-order chi connectivity index (χ0) is 14.6. The predicted octanol–water partition coefficient (Wildman–Crippen LogP) is 2.26. The van der Waals surface area contributed by atoms with Gasteiger partial charge in [-0.3, -0.25) is 4.79 Å². The molecular weight excluding hydrogens is 422 g/mol. The van der Waals surface area contributed by atoms with Gasteiger partial charge in [0.2, 0.25) is 10.0 Å². The Balaban J connectivity index is 3.10. The number of halogens is 2. The van der Waals surface area contributed by atoms with Crippen LogP contribution in [0.3, 0.4) is 0 Å². The minimum atomic E-state index is -3.92. The van der Waals surface area contributed by atoms with Gasteiger partial charge in [0.15, 0.2) is 0 Å². The first-order valence-electron chi connectivity index (χ1n) is 5.09. The fraction of sp³-hybridized carbons (Fsp3) is 0.300. The third-order valence-corrected chi connectivity index (χ3v) is 5.41. The molecule has 0 saturated heterocycles. The van der Waals surface area contributed by atoms with Gasteiger partial charge in [-0.1, -0.05) is 15.9 Å². The number of sulfonamides is 1. The summed E-state index contributed by atoms with van der Waals surface area (Å²) in [7, 11) is -3.92. The molecule has 0 aromatic heterocycles. The Morgan fingerprint density at radius 1 is 1.42 bits per heavy atom. The molecule has 0 bridgehead atoms. The number of hydrogen-bond donors (Lipinski definition) is 3. The predicted molar refractivity (Wildman–Crippen MR) is 82.1 cm³/mol. The molecule has 0 saturated carbocycles. The van der Waals surface area contributed by atoms with Gasteiger partial charge >= 0.3 is 5.97 Å². The Labute approximate surface area is 133 Å². The monoisotopic (exact) mass is 431 g/mol. The van der Waals surface area contributed by atoms with Gasteiger partial charge in [0, 0.05) is 8.95 Å². The zero-order valence-electron chi connectivity index (χ0n) is 9.51. The Morgan fingerprint density at radius 3 is 2.58 bits per heavy atom. The first-order valence-corrected chi connectivity index (χ1v) is 8.79. The SMILES string of the molecule is O=C(O)C(CCS)NS(=O)(=O)c1cc(Br)ccc1Br. The molecule has 0 radical (unpaired) electrons. The largest absolute Gasteiger partial charge is 0.480 e. The van der Waals surface area contributed by atoms with E-state index in [0.29, 0.717) is 8.95 Å². The number of carboxylic acids is 1. The third kappa shape index (κ3) is 4.75. The fourth-order valence-corrected chi connectivity index (χ4v) is 4.28. The van der Waals surface area contributed by atoms with Gasteiger partial charge in [-0.15, -0.1) is 0 Å². The molecule has 0 heterocycles. The molecule has 0 fully saturated rings. The van der Waals surface area contributed by atoms with E-state index in [-0.39, 0.29) is 17.1 Å². The molecule has 1 aromatic carbocycles. The van der Waals surface area contributed by atoms with Crippen molar-refractivity contribution in [2.24, 2.45) is 0 Å². The standard InChI is InChI=1S/C10H11Br2NO4S2/c11-6-1-2-7(12)9(5-6)19(16,17)13-8(3-4-18)10(14)15/h1-2,5,8,13,18H,3-4H2,(H,14,15). The van der Waals surface area contributed by atoms with Gasteiger partial charge in [-0.05, 0) is 46.3 Å². The van der Waals surface area contributed by atoms with Crippen molar-refractivity contribution in [3.8, 4) is 0 Å². The Morgan fingerprint density at radius 2 is 2.05 bits per heavy atom. The number of thiol groups is 1. The summed E-state index contributed by atoms with van der Waals surface area (Å²) in [4.78, 5) is 10.9. The molecular formula is C10H11Br2NO4S2. The highest BCUT2D eigenvalue weighted by Gasteiger charge is 2.26. The van der Waals surface area contributed by atoms with Gasteiger partial charge in [0.05, 0.1) is 4.90 Å². The quantitative estimate of drug-likeness (QED) is 0.602. The highest BCUT2D eigenvalue weighted by atomic mass is 79.9. The lowest BCUT2D eigenvalue weighted by Gasteiger charge is -2.14. The van der Waals surface area contributed by atoms with Crippen LogP contribution in [-0.2, 0) is 14.8 Å². The van der Waals surface area contributed by atoms with E-state index in [1.165, 1.54) is 6.07 Å². The summed E-state index contributed by atoms with van der Waals surface area (Å²) in [5.74, 6) is -0.970. The highest BCUT2D eigenvalue weighted by molar-refractivity contribution is 9.11. The van der Waals surface area contributed by atoms with Gasteiger partial charge < -0.3 is 5.11 Å². The lowest BCUT2D eigenvalue weighted by molar-refractivity contribution is -0.139. The molecule has 1 rings (SSSR count). The average molecular weight is 433 g/mol. The number of benzene rings is 1. The van der Waals surface area contributed by atoms with Crippen LogP contribution in [0.4, 0.5) is 0 Å². The van der Waals surface area contributed by atoms with Gasteiger partial charge in [-0.25, -0.2) is 8.42 Å². The summed E-state index contributed by atoms with van der Waals surface area (Å²) < 4.78 is 27.4. The molecule has 0 aliphatic rings. The summed E-state index contributed by atoms with van der Waals surface area (Å²) >= 11 is 10.2. The van der Waals surface area contributed by atoms with E-state index in [2.05, 4.69) is 49.2 Å². The summed E-state index contributed by atoms with van der Waals surface area (Å²) in [5.41, 5.74) is 0. The van der Waals surface area contributed by atoms with Crippen molar-refractivity contribution in [3.63, 3.8) is 0 Å². The second-order valence-electron chi connectivity index (χ2n) is 3.60. The van der Waals surface area contributed by atoms with Crippen molar-refractivity contribution < 1.29 is 18.3 Å². The van der Waals surface area contributed by atoms with Crippen molar-refractivity contribution in [2.45, 2.75) is 17.4 Å². The first kappa shape index (κ1) is 17.0. The van der Waals surface area contributed by atoms with Crippen LogP contribution in [0.25, 0.3) is 0 Å². The molecule has 0 amide bonds. The van der Waals surface area contributed by atoms with Crippen LogP contribution in [0.1, 0.15) is 6.42 Å². The van der Waals surface area contributed by atoms with Gasteiger partial charge in [0.25, 0.3) is 0 Å². The van der Waals surface area contributed by atoms with Crippen LogP contribution in [0.5, 0.6) is 0 Å². The second kappa shape index (κ2) is 7.07. The summed E-state index contributed by atoms with van der Waals surface area (Å²) in [5, 5.41) is 8.96. The summed E-state index contributed by atoms with van der Waals surface area (Å²) in [6.45, 7) is 0. The molecule has 5 nitrogen and oxygen atoms in total. The van der Waals surface area contributed by atoms with E-state index in [1.807, 2.05) is 0 Å². The summed E-state index contributed by atoms with van der Waals surface area (Å²) in [6, 6.07) is 3.43. The Hall–Kier alpha value is -0.0900. The molecule has 1 aromatic rings. The molecule has 106 valence electrons. The highest BCUT2D eigenvalue weighted by Crippen LogP contribution is 2.25. The molecule has 0 aliphatic heterocycles. The number of rotatable bonds is 6. The third-order valence-electron chi connectivity index (χ3n) is 2.20. The van der Waals surface area contributed by atoms with Crippen molar-refractivity contribution in [1.29, 1.82) is 0 Å². The minimum Gasteiger partial charge on any atom is -0.480 e. The average Bonchev–Trinajstić information content (AvgIpc) is 2.31. The van der Waals surface area contributed by atoms with Crippen LogP contribution >= 0.6 is 44.5 Å². The van der Waals surface area contributed by atoms with Crippen LogP contribution in [0, 0.1) is 0 Å². The van der Waals surface area contributed by atoms with Crippen LogP contribution in [0.15, 0.2) is 32.0 Å². The molecule has 9 heteroatoms. The zero-order valence-corrected chi connectivity index (χ0v) is 14.4. The molecule has 0 aliphatic carbocycles. The van der Waals surface area contributed by atoms with Crippen molar-refractivity contribution in [2.75, 3.05) is 5.75 Å². The van der Waals surface area contributed by atoms with Gasteiger partial charge in [-0.2, -0.15) is 17.4 Å². The molecule has 19 heavy (non-hydrogen) atoms. The molecule has 1 unspecified atom stereocenters. The number of aliphatic carboxylic acids is 1. The minimum absolute atomic E-state index is 0.0210. The van der Waals surface area contributed by atoms with Crippen LogP contribution in [0.2, 0.25) is 0 Å². The Kier molecular flexibility index (Phi) is 6.31. The summed E-state index contributed by atoms with van der Waals surface area (Å²) in [6.07, 6.45) is 0.100. The maximum absolute atomic E-state index is 12.1. The lowest BCUT2D eigenvalue weighted by Crippen LogP contribution is -2.41. The van der Waals surface area contributed by atoms with Crippen molar-refractivity contribution >= 4 is 60.5 Å². The maximum atomic E-state index is 12.1. The fourth-order valence-electron chi connectivity index (χ4n) is 1.30. The Bertz CT molecular complexity index is 577. The number of hydrogen-bond acceptors (Lipinski definition) is 4. The number of carbonyl (C=O) groups is 1. The van der Waals surface area contributed by atoms with Crippen molar-refractivity contribution in [1.82, 2.24) is 4.72 Å². The molecule has 1 atom stereocenters. The first-order chi connectivity index (χ1) is 8.77. The van der Waals surface area contributed by atoms with E-state index in [9.17, 15) is 13.2 Å². The lowest BCUT2D eigenvalue weighted by atomic mass is 10.2. The van der Waals surface area contributed by atoms with E-state index < -0.39 is 22.0 Å². The van der Waals surface area contributed by atoms with E-state index in [1.54, 1.807) is 12.1 Å². The van der Waals surface area contributed by atoms with Crippen LogP contribution < -0.4 is 4.72 Å². The van der Waals surface area contributed by atoms with E-state index in [4.69, 9.17) is 5.11 Å². The maximum Gasteiger partial charge on any atom is 0.321 e. The number of carboxylic acid groups (broad SMARTS) is 1. The topological polar surface area (TPSA) is 83.5 Å². The number of nitrogens with one attached hydrogen (secondary N) is 1.